The van der Waals surface area contributed by atoms with E-state index in [9.17, 15) is 22.9 Å². The van der Waals surface area contributed by atoms with Crippen molar-refractivity contribution in [2.75, 3.05) is 20.8 Å². The molecule has 2 aromatic rings. The van der Waals surface area contributed by atoms with Crippen molar-refractivity contribution in [3.8, 4) is 11.5 Å². The normalized spacial score (nSPS) is 11.4. The highest BCUT2D eigenvalue weighted by molar-refractivity contribution is 7.89. The zero-order valence-electron chi connectivity index (χ0n) is 15.0. The second-order valence-corrected chi connectivity index (χ2v) is 7.43. The number of methoxy groups -OCH3 is 2. The smallest absolute Gasteiger partial charge is 0.306 e. The lowest BCUT2D eigenvalue weighted by Gasteiger charge is -2.21. The van der Waals surface area contributed by atoms with Crippen LogP contribution in [-0.4, -0.2) is 38.4 Å². The molecule has 8 nitrogen and oxygen atoms in total. The maximum absolute atomic E-state index is 13.5. The monoisotopic (exact) mass is 398 g/mol. The van der Waals surface area contributed by atoms with Crippen molar-refractivity contribution in [3.05, 3.63) is 57.9 Å². The molecule has 0 aliphatic rings. The van der Waals surface area contributed by atoms with Crippen LogP contribution in [0.3, 0.4) is 0 Å². The highest BCUT2D eigenvalue weighted by atomic mass is 32.2. The average molecular weight is 398 g/mol. The van der Waals surface area contributed by atoms with Gasteiger partial charge >= 0.3 is 5.69 Å². The first kappa shape index (κ1) is 20.6. The fourth-order valence-corrected chi connectivity index (χ4v) is 3.95. The molecule has 0 amide bonds. The Morgan fingerprint density at radius 2 is 1.78 bits per heavy atom. The number of nitro benzene ring substituents is 1. The predicted molar refractivity (Wildman–Crippen MR) is 95.9 cm³/mol. The number of sulfonamides is 1. The van der Waals surface area contributed by atoms with E-state index in [0.717, 1.165) is 22.5 Å². The molecule has 0 spiro atoms. The molecule has 0 saturated heterocycles. The van der Waals surface area contributed by atoms with Crippen LogP contribution in [0.15, 0.2) is 41.3 Å². The summed E-state index contributed by atoms with van der Waals surface area (Å²) in [5.41, 5.74) is -0.257. The molecule has 0 atom stereocenters. The summed E-state index contributed by atoms with van der Waals surface area (Å²) < 4.78 is 50.7. The number of hydrogen-bond acceptors (Lipinski definition) is 6. The van der Waals surface area contributed by atoms with Gasteiger partial charge in [-0.1, -0.05) is 13.0 Å². The van der Waals surface area contributed by atoms with Crippen molar-refractivity contribution in [2.45, 2.75) is 18.4 Å². The molecule has 0 aliphatic carbocycles. The van der Waals surface area contributed by atoms with Gasteiger partial charge in [0, 0.05) is 19.2 Å². The molecule has 0 N–H and O–H groups in total. The van der Waals surface area contributed by atoms with Crippen LogP contribution in [0.25, 0.3) is 0 Å². The van der Waals surface area contributed by atoms with Crippen molar-refractivity contribution in [3.63, 3.8) is 0 Å². The minimum atomic E-state index is -4.07. The van der Waals surface area contributed by atoms with E-state index in [1.165, 1.54) is 14.2 Å². The molecule has 0 fully saturated rings. The van der Waals surface area contributed by atoms with E-state index in [0.29, 0.717) is 17.1 Å². The van der Waals surface area contributed by atoms with Gasteiger partial charge in [-0.05, 0) is 29.8 Å². The molecule has 2 rings (SSSR count). The summed E-state index contributed by atoms with van der Waals surface area (Å²) in [6.07, 6.45) is 0. The number of nitro groups is 1. The number of rotatable bonds is 8. The second kappa shape index (κ2) is 8.31. The summed E-state index contributed by atoms with van der Waals surface area (Å²) in [6.45, 7) is 1.75. The minimum absolute atomic E-state index is 0.00433. The van der Waals surface area contributed by atoms with Crippen molar-refractivity contribution in [1.82, 2.24) is 4.31 Å². The standard InChI is InChI=1S/C17H19FN2O6S/c1-4-19(11-12-5-8-16(25-2)17(9-12)26-3)27(23,24)13-6-7-14(18)15(10-13)20(21)22/h5-10H,4,11H2,1-3H3. The third kappa shape index (κ3) is 4.34. The molecule has 10 heteroatoms. The van der Waals surface area contributed by atoms with Crippen LogP contribution in [0.5, 0.6) is 11.5 Å². The van der Waals surface area contributed by atoms with Gasteiger partial charge in [-0.15, -0.1) is 0 Å². The van der Waals surface area contributed by atoms with Gasteiger partial charge < -0.3 is 9.47 Å². The van der Waals surface area contributed by atoms with Crippen molar-refractivity contribution < 1.29 is 27.2 Å². The third-order valence-corrected chi connectivity index (χ3v) is 5.83. The first-order valence-electron chi connectivity index (χ1n) is 7.89. The van der Waals surface area contributed by atoms with E-state index >= 15 is 0 Å². The molecule has 0 unspecified atom stereocenters. The second-order valence-electron chi connectivity index (χ2n) is 5.49. The average Bonchev–Trinajstić information content (AvgIpc) is 2.65. The number of hydrogen-bond donors (Lipinski definition) is 0. The van der Waals surface area contributed by atoms with Crippen LogP contribution in [0.1, 0.15) is 12.5 Å². The number of benzene rings is 2. The Kier molecular flexibility index (Phi) is 6.34. The molecule has 27 heavy (non-hydrogen) atoms. The molecule has 0 aromatic heterocycles. The van der Waals surface area contributed by atoms with E-state index in [-0.39, 0.29) is 18.0 Å². The van der Waals surface area contributed by atoms with Crippen LogP contribution in [0, 0.1) is 15.9 Å². The first-order chi connectivity index (χ1) is 12.7. The number of halogens is 1. The SMILES string of the molecule is CCN(Cc1ccc(OC)c(OC)c1)S(=O)(=O)c1ccc(F)c([N+](=O)[O-])c1. The largest absolute Gasteiger partial charge is 0.493 e. The van der Waals surface area contributed by atoms with Gasteiger partial charge in [0.15, 0.2) is 11.5 Å². The predicted octanol–water partition coefficient (Wildman–Crippen LogP) is 2.96. The Labute approximate surface area is 156 Å². The summed E-state index contributed by atoms with van der Waals surface area (Å²) in [5.74, 6) is -0.149. The molecule has 0 saturated carbocycles. The van der Waals surface area contributed by atoms with Gasteiger partial charge in [0.2, 0.25) is 15.8 Å². The summed E-state index contributed by atoms with van der Waals surface area (Å²) in [6, 6.07) is 7.49. The van der Waals surface area contributed by atoms with Gasteiger partial charge in [-0.25, -0.2) is 8.42 Å². The van der Waals surface area contributed by atoms with Crippen LogP contribution in [0.2, 0.25) is 0 Å². The molecule has 0 bridgehead atoms. The maximum atomic E-state index is 13.5. The Balaban J connectivity index is 2.39. The molecule has 146 valence electrons. The van der Waals surface area contributed by atoms with Gasteiger partial charge in [0.25, 0.3) is 0 Å². The van der Waals surface area contributed by atoms with Crippen LogP contribution in [0.4, 0.5) is 10.1 Å². The number of ether oxygens (including phenoxy) is 2. The number of nitrogens with zero attached hydrogens (tertiary/aromatic N) is 2. The Bertz CT molecular complexity index is 948. The molecular weight excluding hydrogens is 379 g/mol. The lowest BCUT2D eigenvalue weighted by molar-refractivity contribution is -0.387. The topological polar surface area (TPSA) is 99.0 Å². The van der Waals surface area contributed by atoms with E-state index in [2.05, 4.69) is 0 Å². The van der Waals surface area contributed by atoms with Crippen LogP contribution >= 0.6 is 0 Å². The Morgan fingerprint density at radius 1 is 1.11 bits per heavy atom. The van der Waals surface area contributed by atoms with Gasteiger partial charge in [-0.2, -0.15) is 8.70 Å². The fraction of sp³-hybridized carbons (Fsp3) is 0.294. The zero-order chi connectivity index (χ0) is 20.2. The first-order valence-corrected chi connectivity index (χ1v) is 9.33. The van der Waals surface area contributed by atoms with Gasteiger partial charge in [0.05, 0.1) is 24.0 Å². The molecular formula is C17H19FN2O6S. The van der Waals surface area contributed by atoms with E-state index in [4.69, 9.17) is 9.47 Å². The summed E-state index contributed by atoms with van der Waals surface area (Å²) in [7, 11) is -1.11. The third-order valence-electron chi connectivity index (χ3n) is 3.91. The van der Waals surface area contributed by atoms with Crippen molar-refractivity contribution in [2.24, 2.45) is 0 Å². The molecule has 2 aromatic carbocycles. The Hall–Kier alpha value is -2.72. The molecule has 0 aliphatic heterocycles. The molecule has 0 heterocycles. The summed E-state index contributed by atoms with van der Waals surface area (Å²) in [5, 5.41) is 10.9. The van der Waals surface area contributed by atoms with E-state index < -0.39 is 26.5 Å². The van der Waals surface area contributed by atoms with Gasteiger partial charge in [0.1, 0.15) is 0 Å². The fourth-order valence-electron chi connectivity index (χ4n) is 2.49. The van der Waals surface area contributed by atoms with E-state index in [1.807, 2.05) is 0 Å². The summed E-state index contributed by atoms with van der Waals surface area (Å²) in [4.78, 5) is 9.59. The molecule has 0 radical (unpaired) electrons. The van der Waals surface area contributed by atoms with Crippen molar-refractivity contribution >= 4 is 15.7 Å². The highest BCUT2D eigenvalue weighted by Gasteiger charge is 2.27. The quantitative estimate of drug-likeness (QED) is 0.501. The lowest BCUT2D eigenvalue weighted by Crippen LogP contribution is -2.30. The lowest BCUT2D eigenvalue weighted by atomic mass is 10.2. The minimum Gasteiger partial charge on any atom is -0.493 e. The van der Waals surface area contributed by atoms with E-state index in [1.54, 1.807) is 25.1 Å². The van der Waals surface area contributed by atoms with Gasteiger partial charge in [-0.3, -0.25) is 10.1 Å². The van der Waals surface area contributed by atoms with Crippen molar-refractivity contribution in [1.29, 1.82) is 0 Å². The maximum Gasteiger partial charge on any atom is 0.306 e. The van der Waals surface area contributed by atoms with Crippen LogP contribution in [-0.2, 0) is 16.6 Å². The summed E-state index contributed by atoms with van der Waals surface area (Å²) >= 11 is 0. The van der Waals surface area contributed by atoms with Crippen LogP contribution < -0.4 is 9.47 Å². The Morgan fingerprint density at radius 3 is 2.33 bits per heavy atom. The zero-order valence-corrected chi connectivity index (χ0v) is 15.8. The highest BCUT2D eigenvalue weighted by Crippen LogP contribution is 2.29.